The van der Waals surface area contributed by atoms with Crippen LogP contribution in [0.4, 0.5) is 17.6 Å². The quantitative estimate of drug-likeness (QED) is 0.505. The van der Waals surface area contributed by atoms with Crippen molar-refractivity contribution in [3.8, 4) is 22.6 Å². The van der Waals surface area contributed by atoms with Gasteiger partial charge in [-0.05, 0) is 42.0 Å². The Bertz CT molecular complexity index is 789. The van der Waals surface area contributed by atoms with Crippen molar-refractivity contribution in [1.29, 1.82) is 0 Å². The van der Waals surface area contributed by atoms with Gasteiger partial charge in [-0.25, -0.2) is 4.39 Å². The first-order valence-electron chi connectivity index (χ1n) is 6.61. The second kappa shape index (κ2) is 6.04. The normalized spacial score (nSPS) is 11.5. The van der Waals surface area contributed by atoms with Gasteiger partial charge in [0.1, 0.15) is 17.3 Å². The summed E-state index contributed by atoms with van der Waals surface area (Å²) in [6, 6.07) is 10.4. The maximum Gasteiger partial charge on any atom is 0.416 e. The maximum atomic E-state index is 12.9. The lowest BCUT2D eigenvalue weighted by Crippen LogP contribution is -2.03. The molecule has 23 heavy (non-hydrogen) atoms. The molecule has 1 heterocycles. The summed E-state index contributed by atoms with van der Waals surface area (Å²) in [7, 11) is 0. The fraction of sp³-hybridized carbons (Fsp3) is 0.0588. The Morgan fingerprint density at radius 3 is 2.09 bits per heavy atom. The van der Waals surface area contributed by atoms with Crippen molar-refractivity contribution >= 4 is 11.3 Å². The minimum Gasteiger partial charge on any atom is -0.456 e. The first-order valence-corrected chi connectivity index (χ1v) is 7.55. The number of thiophene rings is 1. The third kappa shape index (κ3) is 3.53. The van der Waals surface area contributed by atoms with Crippen molar-refractivity contribution < 1.29 is 22.3 Å². The molecule has 0 atom stereocenters. The molecule has 0 aliphatic rings. The molecule has 0 fully saturated rings. The fourth-order valence-electron chi connectivity index (χ4n) is 2.04. The fourth-order valence-corrected chi connectivity index (χ4v) is 2.80. The minimum atomic E-state index is -4.36. The SMILES string of the molecule is Fc1ccc(Oc2cscc2-c2ccc(C(F)(F)F)cc2)cc1. The molecule has 118 valence electrons. The topological polar surface area (TPSA) is 9.23 Å². The lowest BCUT2D eigenvalue weighted by molar-refractivity contribution is -0.137. The highest BCUT2D eigenvalue weighted by atomic mass is 32.1. The van der Waals surface area contributed by atoms with Crippen LogP contribution in [0.5, 0.6) is 11.5 Å². The van der Waals surface area contributed by atoms with E-state index < -0.39 is 11.7 Å². The number of halogens is 4. The first kappa shape index (κ1) is 15.6. The Balaban J connectivity index is 1.87. The van der Waals surface area contributed by atoms with Gasteiger partial charge in [-0.3, -0.25) is 0 Å². The summed E-state index contributed by atoms with van der Waals surface area (Å²) in [5.41, 5.74) is 0.613. The summed E-state index contributed by atoms with van der Waals surface area (Å²) < 4.78 is 56.4. The molecule has 0 unspecified atom stereocenters. The highest BCUT2D eigenvalue weighted by Gasteiger charge is 2.30. The molecule has 6 heteroatoms. The van der Waals surface area contributed by atoms with Crippen molar-refractivity contribution in [3.05, 3.63) is 70.7 Å². The molecule has 0 aliphatic carbocycles. The number of alkyl halides is 3. The number of benzene rings is 2. The monoisotopic (exact) mass is 338 g/mol. The zero-order valence-corrected chi connectivity index (χ0v) is 12.4. The van der Waals surface area contributed by atoms with Gasteiger partial charge in [-0.2, -0.15) is 13.2 Å². The molecule has 0 N–H and O–H groups in total. The van der Waals surface area contributed by atoms with Crippen LogP contribution in [0.3, 0.4) is 0 Å². The second-order valence-corrected chi connectivity index (χ2v) is 5.52. The Kier molecular flexibility index (Phi) is 4.09. The van der Waals surface area contributed by atoms with Crippen LogP contribution in [-0.4, -0.2) is 0 Å². The molecule has 0 saturated carbocycles. The molecule has 0 radical (unpaired) electrons. The van der Waals surface area contributed by atoms with Gasteiger partial charge in [0.2, 0.25) is 0 Å². The Morgan fingerprint density at radius 1 is 0.826 bits per heavy atom. The van der Waals surface area contributed by atoms with Gasteiger partial charge in [-0.15, -0.1) is 11.3 Å². The molecule has 3 rings (SSSR count). The van der Waals surface area contributed by atoms with Crippen LogP contribution in [0.15, 0.2) is 59.3 Å². The van der Waals surface area contributed by atoms with E-state index in [4.69, 9.17) is 4.74 Å². The molecule has 0 spiro atoms. The number of hydrogen-bond donors (Lipinski definition) is 0. The molecular formula is C17H10F4OS. The van der Waals surface area contributed by atoms with Gasteiger partial charge in [0.25, 0.3) is 0 Å². The Labute approximate surface area is 133 Å². The largest absolute Gasteiger partial charge is 0.456 e. The summed E-state index contributed by atoms with van der Waals surface area (Å²) >= 11 is 1.37. The van der Waals surface area contributed by atoms with E-state index in [0.29, 0.717) is 22.6 Å². The van der Waals surface area contributed by atoms with Crippen LogP contribution in [0, 0.1) is 5.82 Å². The lowest BCUT2D eigenvalue weighted by atomic mass is 10.1. The van der Waals surface area contributed by atoms with Gasteiger partial charge in [-0.1, -0.05) is 12.1 Å². The van der Waals surface area contributed by atoms with Crippen LogP contribution in [0.1, 0.15) is 5.56 Å². The van der Waals surface area contributed by atoms with E-state index in [-0.39, 0.29) is 5.82 Å². The molecule has 2 aromatic carbocycles. The van der Waals surface area contributed by atoms with Crippen molar-refractivity contribution in [2.24, 2.45) is 0 Å². The third-order valence-corrected chi connectivity index (χ3v) is 3.91. The van der Waals surface area contributed by atoms with E-state index in [1.54, 1.807) is 10.8 Å². The molecule has 1 nitrogen and oxygen atoms in total. The summed E-state index contributed by atoms with van der Waals surface area (Å²) in [5.74, 6) is 0.602. The number of hydrogen-bond acceptors (Lipinski definition) is 2. The summed E-state index contributed by atoms with van der Waals surface area (Å²) in [5, 5.41) is 3.54. The van der Waals surface area contributed by atoms with Gasteiger partial charge >= 0.3 is 6.18 Å². The van der Waals surface area contributed by atoms with Crippen LogP contribution >= 0.6 is 11.3 Å². The molecule has 0 amide bonds. The van der Waals surface area contributed by atoms with E-state index in [1.165, 1.54) is 47.7 Å². The first-order chi connectivity index (χ1) is 10.9. The van der Waals surface area contributed by atoms with E-state index in [1.807, 2.05) is 0 Å². The molecular weight excluding hydrogens is 328 g/mol. The highest BCUT2D eigenvalue weighted by Crippen LogP contribution is 2.38. The van der Waals surface area contributed by atoms with Gasteiger partial charge < -0.3 is 4.74 Å². The van der Waals surface area contributed by atoms with E-state index in [9.17, 15) is 17.6 Å². The minimum absolute atomic E-state index is 0.370. The standard InChI is InChI=1S/C17H10F4OS/c18-13-5-7-14(8-6-13)22-16-10-23-9-15(16)11-1-3-12(4-2-11)17(19,20)21/h1-10H. The predicted octanol–water partition coefficient (Wildman–Crippen LogP) is 6.37. The predicted molar refractivity (Wildman–Crippen MR) is 81.2 cm³/mol. The van der Waals surface area contributed by atoms with Crippen molar-refractivity contribution in [3.63, 3.8) is 0 Å². The highest BCUT2D eigenvalue weighted by molar-refractivity contribution is 7.08. The van der Waals surface area contributed by atoms with E-state index >= 15 is 0 Å². The molecule has 0 saturated heterocycles. The van der Waals surface area contributed by atoms with Crippen LogP contribution in [0.2, 0.25) is 0 Å². The van der Waals surface area contributed by atoms with Gasteiger partial charge in [0.05, 0.1) is 5.56 Å². The zero-order chi connectivity index (χ0) is 16.4. The molecule has 0 aliphatic heterocycles. The molecule has 3 aromatic rings. The maximum absolute atomic E-state index is 12.9. The van der Waals surface area contributed by atoms with E-state index in [2.05, 4.69) is 0 Å². The Morgan fingerprint density at radius 2 is 1.48 bits per heavy atom. The van der Waals surface area contributed by atoms with Gasteiger partial charge in [0, 0.05) is 16.3 Å². The van der Waals surface area contributed by atoms with Gasteiger partial charge in [0.15, 0.2) is 0 Å². The van der Waals surface area contributed by atoms with Crippen LogP contribution in [-0.2, 0) is 6.18 Å². The summed E-state index contributed by atoms with van der Waals surface area (Å²) in [6.45, 7) is 0. The van der Waals surface area contributed by atoms with E-state index in [0.717, 1.165) is 12.1 Å². The third-order valence-electron chi connectivity index (χ3n) is 3.19. The average Bonchev–Trinajstić information content (AvgIpc) is 2.97. The summed E-state index contributed by atoms with van der Waals surface area (Å²) in [6.07, 6.45) is -4.36. The molecule has 1 aromatic heterocycles. The van der Waals surface area contributed by atoms with Crippen molar-refractivity contribution in [2.45, 2.75) is 6.18 Å². The average molecular weight is 338 g/mol. The van der Waals surface area contributed by atoms with Crippen molar-refractivity contribution in [1.82, 2.24) is 0 Å². The summed E-state index contributed by atoms with van der Waals surface area (Å²) in [4.78, 5) is 0. The second-order valence-electron chi connectivity index (χ2n) is 4.78. The lowest BCUT2D eigenvalue weighted by Gasteiger charge is -2.09. The van der Waals surface area contributed by atoms with Crippen LogP contribution < -0.4 is 4.74 Å². The Hall–Kier alpha value is -2.34. The van der Waals surface area contributed by atoms with Crippen LogP contribution in [0.25, 0.3) is 11.1 Å². The molecule has 0 bridgehead atoms. The zero-order valence-electron chi connectivity index (χ0n) is 11.6. The smallest absolute Gasteiger partial charge is 0.416 e. The van der Waals surface area contributed by atoms with Crippen molar-refractivity contribution in [2.75, 3.05) is 0 Å². The number of ether oxygens (including phenoxy) is 1. The number of rotatable bonds is 3.